The van der Waals surface area contributed by atoms with E-state index in [9.17, 15) is 8.42 Å². The molecule has 27 heavy (non-hydrogen) atoms. The standard InChI is InChI=1S/C17H24N6O3S/c1-22(2)16-19-15(20-17(21-16)23-10-6-7-11-23)12-18-27(24,25)14-9-5-4-8-13(14)26-3/h4-5,8-9,18H,6-7,10-12H2,1-3H3. The Hall–Kier alpha value is -2.46. The van der Waals surface area contributed by atoms with Gasteiger partial charge in [0.2, 0.25) is 21.9 Å². The van der Waals surface area contributed by atoms with Gasteiger partial charge in [-0.3, -0.25) is 0 Å². The Morgan fingerprint density at radius 3 is 2.52 bits per heavy atom. The molecule has 1 N–H and O–H groups in total. The molecule has 2 heterocycles. The molecular formula is C17H24N6O3S. The fourth-order valence-electron chi connectivity index (χ4n) is 2.81. The van der Waals surface area contributed by atoms with Crippen molar-refractivity contribution in [1.29, 1.82) is 0 Å². The van der Waals surface area contributed by atoms with E-state index in [1.54, 1.807) is 23.1 Å². The molecule has 2 aromatic rings. The van der Waals surface area contributed by atoms with E-state index < -0.39 is 10.0 Å². The molecule has 1 saturated heterocycles. The molecule has 9 nitrogen and oxygen atoms in total. The second-order valence-corrected chi connectivity index (χ2v) is 8.15. The Balaban J connectivity index is 1.84. The molecule has 0 spiro atoms. The van der Waals surface area contributed by atoms with Crippen LogP contribution in [0.1, 0.15) is 18.7 Å². The maximum absolute atomic E-state index is 12.7. The number of benzene rings is 1. The monoisotopic (exact) mass is 392 g/mol. The fourth-order valence-corrected chi connectivity index (χ4v) is 3.96. The lowest BCUT2D eigenvalue weighted by molar-refractivity contribution is 0.402. The average Bonchev–Trinajstić information content (AvgIpc) is 3.21. The summed E-state index contributed by atoms with van der Waals surface area (Å²) in [6, 6.07) is 6.47. The summed E-state index contributed by atoms with van der Waals surface area (Å²) in [7, 11) is 1.35. The number of hydrogen-bond acceptors (Lipinski definition) is 8. The van der Waals surface area contributed by atoms with Gasteiger partial charge in [0.1, 0.15) is 10.6 Å². The highest BCUT2D eigenvalue weighted by Crippen LogP contribution is 2.23. The van der Waals surface area contributed by atoms with Crippen LogP contribution in [0.2, 0.25) is 0 Å². The third-order valence-electron chi connectivity index (χ3n) is 4.23. The minimum atomic E-state index is -3.77. The molecular weight excluding hydrogens is 368 g/mol. The number of hydrogen-bond donors (Lipinski definition) is 1. The lowest BCUT2D eigenvalue weighted by Gasteiger charge is -2.19. The van der Waals surface area contributed by atoms with Gasteiger partial charge in [-0.05, 0) is 25.0 Å². The van der Waals surface area contributed by atoms with Gasteiger partial charge in [0, 0.05) is 27.2 Å². The Bertz CT molecular complexity index is 897. The summed E-state index contributed by atoms with van der Waals surface area (Å²) in [5.41, 5.74) is 0. The van der Waals surface area contributed by atoms with Crippen LogP contribution in [0.3, 0.4) is 0 Å². The van der Waals surface area contributed by atoms with E-state index in [1.807, 2.05) is 14.1 Å². The van der Waals surface area contributed by atoms with E-state index in [-0.39, 0.29) is 17.2 Å². The Labute approximate surface area is 159 Å². The smallest absolute Gasteiger partial charge is 0.244 e. The zero-order chi connectivity index (χ0) is 19.4. The van der Waals surface area contributed by atoms with Crippen LogP contribution >= 0.6 is 0 Å². The maximum atomic E-state index is 12.7. The zero-order valence-electron chi connectivity index (χ0n) is 15.7. The highest BCUT2D eigenvalue weighted by molar-refractivity contribution is 7.89. The Kier molecular flexibility index (Phi) is 5.76. The molecule has 0 saturated carbocycles. The van der Waals surface area contributed by atoms with Gasteiger partial charge in [-0.1, -0.05) is 12.1 Å². The summed E-state index contributed by atoms with van der Waals surface area (Å²) in [5, 5.41) is 0. The number of para-hydroxylation sites is 1. The second-order valence-electron chi connectivity index (χ2n) is 6.42. The molecule has 3 rings (SSSR count). The normalized spacial score (nSPS) is 14.4. The van der Waals surface area contributed by atoms with Crippen LogP contribution in [0, 0.1) is 0 Å². The van der Waals surface area contributed by atoms with Gasteiger partial charge in [0.15, 0.2) is 5.82 Å². The summed E-state index contributed by atoms with van der Waals surface area (Å²) in [6.45, 7) is 1.75. The van der Waals surface area contributed by atoms with Crippen molar-refractivity contribution in [2.45, 2.75) is 24.3 Å². The molecule has 1 aromatic carbocycles. The summed E-state index contributed by atoms with van der Waals surface area (Å²) < 4.78 is 33.0. The predicted octanol–water partition coefficient (Wildman–Crippen LogP) is 1.02. The molecule has 0 amide bonds. The number of rotatable bonds is 7. The second kappa shape index (κ2) is 8.05. The van der Waals surface area contributed by atoms with E-state index >= 15 is 0 Å². The third kappa shape index (κ3) is 4.45. The first-order valence-electron chi connectivity index (χ1n) is 8.70. The van der Waals surface area contributed by atoms with Gasteiger partial charge in [-0.25, -0.2) is 13.1 Å². The number of nitrogens with zero attached hydrogens (tertiary/aromatic N) is 5. The number of sulfonamides is 1. The van der Waals surface area contributed by atoms with Gasteiger partial charge in [-0.2, -0.15) is 15.0 Å². The van der Waals surface area contributed by atoms with Crippen LogP contribution < -0.4 is 19.3 Å². The van der Waals surface area contributed by atoms with E-state index in [0.717, 1.165) is 25.9 Å². The van der Waals surface area contributed by atoms with Crippen LogP contribution in [-0.4, -0.2) is 57.7 Å². The quantitative estimate of drug-likeness (QED) is 0.746. The first-order chi connectivity index (χ1) is 12.9. The highest BCUT2D eigenvalue weighted by atomic mass is 32.2. The maximum Gasteiger partial charge on any atom is 0.244 e. The Morgan fingerprint density at radius 2 is 1.85 bits per heavy atom. The topological polar surface area (TPSA) is 101 Å². The van der Waals surface area contributed by atoms with E-state index in [1.165, 1.54) is 13.2 Å². The summed E-state index contributed by atoms with van der Waals surface area (Å²) in [6.07, 6.45) is 2.19. The molecule has 0 unspecified atom stereocenters. The van der Waals surface area contributed by atoms with Crippen molar-refractivity contribution in [3.8, 4) is 5.75 Å². The van der Waals surface area contributed by atoms with Crippen LogP contribution in [0.5, 0.6) is 5.75 Å². The summed E-state index contributed by atoms with van der Waals surface area (Å²) in [4.78, 5) is 17.2. The lowest BCUT2D eigenvalue weighted by atomic mass is 10.3. The molecule has 0 radical (unpaired) electrons. The first kappa shape index (κ1) is 19.3. The van der Waals surface area contributed by atoms with Gasteiger partial charge in [0.25, 0.3) is 0 Å². The summed E-state index contributed by atoms with van der Waals surface area (Å²) >= 11 is 0. The number of ether oxygens (including phenoxy) is 1. The number of methoxy groups -OCH3 is 1. The van der Waals surface area contributed by atoms with Crippen molar-refractivity contribution in [3.05, 3.63) is 30.1 Å². The number of nitrogens with one attached hydrogen (secondary N) is 1. The Morgan fingerprint density at radius 1 is 1.15 bits per heavy atom. The molecule has 1 aliphatic heterocycles. The molecule has 10 heteroatoms. The van der Waals surface area contributed by atoms with Crippen LogP contribution in [-0.2, 0) is 16.6 Å². The molecule has 0 bridgehead atoms. The van der Waals surface area contributed by atoms with E-state index in [4.69, 9.17) is 4.74 Å². The molecule has 0 atom stereocenters. The van der Waals surface area contributed by atoms with Gasteiger partial charge < -0.3 is 14.5 Å². The molecule has 146 valence electrons. The largest absolute Gasteiger partial charge is 0.495 e. The van der Waals surface area contributed by atoms with Crippen molar-refractivity contribution in [1.82, 2.24) is 19.7 Å². The third-order valence-corrected chi connectivity index (χ3v) is 5.67. The van der Waals surface area contributed by atoms with Crippen molar-refractivity contribution in [2.75, 3.05) is 44.1 Å². The lowest BCUT2D eigenvalue weighted by Crippen LogP contribution is -2.28. The minimum Gasteiger partial charge on any atom is -0.495 e. The van der Waals surface area contributed by atoms with Crippen molar-refractivity contribution < 1.29 is 13.2 Å². The van der Waals surface area contributed by atoms with Gasteiger partial charge >= 0.3 is 0 Å². The zero-order valence-corrected chi connectivity index (χ0v) is 16.5. The van der Waals surface area contributed by atoms with Crippen LogP contribution in [0.25, 0.3) is 0 Å². The molecule has 1 aromatic heterocycles. The molecule has 1 aliphatic rings. The molecule has 0 aliphatic carbocycles. The van der Waals surface area contributed by atoms with Gasteiger partial charge in [0.05, 0.1) is 13.7 Å². The summed E-state index contributed by atoms with van der Waals surface area (Å²) in [5.74, 6) is 1.73. The van der Waals surface area contributed by atoms with Crippen molar-refractivity contribution in [2.24, 2.45) is 0 Å². The van der Waals surface area contributed by atoms with E-state index in [2.05, 4.69) is 24.6 Å². The van der Waals surface area contributed by atoms with E-state index in [0.29, 0.717) is 17.7 Å². The predicted molar refractivity (Wildman–Crippen MR) is 103 cm³/mol. The number of aromatic nitrogens is 3. The first-order valence-corrected chi connectivity index (χ1v) is 10.2. The van der Waals surface area contributed by atoms with Crippen LogP contribution in [0.15, 0.2) is 29.2 Å². The van der Waals surface area contributed by atoms with Crippen molar-refractivity contribution in [3.63, 3.8) is 0 Å². The fraction of sp³-hybridized carbons (Fsp3) is 0.471. The van der Waals surface area contributed by atoms with Crippen molar-refractivity contribution >= 4 is 21.9 Å². The minimum absolute atomic E-state index is 0.0371. The van der Waals surface area contributed by atoms with Crippen LogP contribution in [0.4, 0.5) is 11.9 Å². The van der Waals surface area contributed by atoms with Gasteiger partial charge in [-0.15, -0.1) is 0 Å². The highest BCUT2D eigenvalue weighted by Gasteiger charge is 2.21. The molecule has 1 fully saturated rings. The average molecular weight is 392 g/mol. The number of anilines is 2. The SMILES string of the molecule is COc1ccccc1S(=O)(=O)NCc1nc(N(C)C)nc(N2CCCC2)n1.